The van der Waals surface area contributed by atoms with E-state index >= 15 is 0 Å². The summed E-state index contributed by atoms with van der Waals surface area (Å²) in [5.74, 6) is -0.568. The van der Waals surface area contributed by atoms with Gasteiger partial charge in [-0.1, -0.05) is 42.8 Å². The molecule has 1 amide bonds. The van der Waals surface area contributed by atoms with Gasteiger partial charge in [0.05, 0.1) is 0 Å². The molecule has 0 atom stereocenters. The average molecular weight is 348 g/mol. The third-order valence-electron chi connectivity index (χ3n) is 3.19. The van der Waals surface area contributed by atoms with Crippen molar-refractivity contribution >= 4 is 29.2 Å². The Hall–Kier alpha value is -2.53. The number of hydrogen-bond donors (Lipinski definition) is 1. The van der Waals surface area contributed by atoms with Crippen LogP contribution in [-0.2, 0) is 20.7 Å². The SMILES string of the molecule is CCc1ccccc1NC(=O)COC(=O)COc1cccc(Cl)c1. The van der Waals surface area contributed by atoms with Gasteiger partial charge in [-0.3, -0.25) is 4.79 Å². The van der Waals surface area contributed by atoms with Gasteiger partial charge < -0.3 is 14.8 Å². The molecule has 5 nitrogen and oxygen atoms in total. The summed E-state index contributed by atoms with van der Waals surface area (Å²) in [6, 6.07) is 14.1. The molecule has 0 saturated carbocycles. The standard InChI is InChI=1S/C18H18ClNO4/c1-2-13-6-3-4-9-16(13)20-17(21)11-24-18(22)12-23-15-8-5-7-14(19)10-15/h3-10H,2,11-12H2,1H3,(H,20,21). The molecule has 0 aliphatic rings. The fourth-order valence-electron chi connectivity index (χ4n) is 2.02. The summed E-state index contributed by atoms with van der Waals surface area (Å²) in [6.45, 7) is 1.34. The molecule has 2 aromatic carbocycles. The monoisotopic (exact) mass is 347 g/mol. The van der Waals surface area contributed by atoms with Crippen LogP contribution in [0.2, 0.25) is 5.02 Å². The lowest BCUT2D eigenvalue weighted by atomic mass is 10.1. The van der Waals surface area contributed by atoms with Crippen molar-refractivity contribution in [1.29, 1.82) is 0 Å². The topological polar surface area (TPSA) is 64.6 Å². The molecule has 0 aromatic heterocycles. The highest BCUT2D eigenvalue weighted by Crippen LogP contribution is 2.17. The minimum atomic E-state index is -0.631. The molecule has 0 spiro atoms. The lowest BCUT2D eigenvalue weighted by Gasteiger charge is -2.10. The number of anilines is 1. The summed E-state index contributed by atoms with van der Waals surface area (Å²) >= 11 is 5.82. The number of ether oxygens (including phenoxy) is 2. The van der Waals surface area contributed by atoms with E-state index in [-0.39, 0.29) is 13.2 Å². The Balaban J connectivity index is 1.76. The van der Waals surface area contributed by atoms with E-state index in [1.54, 1.807) is 30.3 Å². The van der Waals surface area contributed by atoms with Crippen LogP contribution in [0.4, 0.5) is 5.69 Å². The molecule has 0 fully saturated rings. The van der Waals surface area contributed by atoms with E-state index < -0.39 is 11.9 Å². The van der Waals surface area contributed by atoms with E-state index in [4.69, 9.17) is 21.1 Å². The third kappa shape index (κ3) is 5.59. The molecule has 0 radical (unpaired) electrons. The number of carbonyl (C=O) groups excluding carboxylic acids is 2. The zero-order valence-corrected chi connectivity index (χ0v) is 14.0. The average Bonchev–Trinajstić information content (AvgIpc) is 2.58. The third-order valence-corrected chi connectivity index (χ3v) is 3.42. The van der Waals surface area contributed by atoms with E-state index in [1.807, 2.05) is 25.1 Å². The molecule has 0 aliphatic heterocycles. The lowest BCUT2D eigenvalue weighted by Crippen LogP contribution is -2.24. The van der Waals surface area contributed by atoms with Crippen LogP contribution in [0.1, 0.15) is 12.5 Å². The molecule has 2 aromatic rings. The van der Waals surface area contributed by atoms with Crippen LogP contribution in [0, 0.1) is 0 Å². The molecule has 0 saturated heterocycles. The zero-order chi connectivity index (χ0) is 17.4. The Labute approximate surface area is 145 Å². The number of aryl methyl sites for hydroxylation is 1. The number of amides is 1. The molecule has 24 heavy (non-hydrogen) atoms. The van der Waals surface area contributed by atoms with Crippen LogP contribution in [0.3, 0.4) is 0 Å². The molecule has 6 heteroatoms. The largest absolute Gasteiger partial charge is 0.482 e. The molecule has 1 N–H and O–H groups in total. The first kappa shape index (κ1) is 17.8. The molecular formula is C18H18ClNO4. The van der Waals surface area contributed by atoms with E-state index in [9.17, 15) is 9.59 Å². The first-order chi connectivity index (χ1) is 11.6. The first-order valence-corrected chi connectivity index (χ1v) is 7.88. The highest BCUT2D eigenvalue weighted by atomic mass is 35.5. The van der Waals surface area contributed by atoms with Gasteiger partial charge in [0.1, 0.15) is 5.75 Å². The van der Waals surface area contributed by atoms with Crippen molar-refractivity contribution in [1.82, 2.24) is 0 Å². The van der Waals surface area contributed by atoms with Crippen LogP contribution in [0.25, 0.3) is 0 Å². The maximum Gasteiger partial charge on any atom is 0.344 e. The second kappa shape index (κ2) is 8.93. The number of carbonyl (C=O) groups is 2. The fourth-order valence-corrected chi connectivity index (χ4v) is 2.20. The smallest absolute Gasteiger partial charge is 0.344 e. The molecule has 2 rings (SSSR count). The second-order valence-corrected chi connectivity index (χ2v) is 5.40. The summed E-state index contributed by atoms with van der Waals surface area (Å²) in [5, 5.41) is 3.23. The maximum absolute atomic E-state index is 11.9. The van der Waals surface area contributed by atoms with Crippen LogP contribution < -0.4 is 10.1 Å². The van der Waals surface area contributed by atoms with E-state index in [0.29, 0.717) is 10.8 Å². The van der Waals surface area contributed by atoms with Gasteiger partial charge in [-0.05, 0) is 36.2 Å². The number of para-hydroxylation sites is 1. The fraction of sp³-hybridized carbons (Fsp3) is 0.222. The van der Waals surface area contributed by atoms with Crippen molar-refractivity contribution in [2.24, 2.45) is 0 Å². The summed E-state index contributed by atoms with van der Waals surface area (Å²) in [4.78, 5) is 23.5. The number of halogens is 1. The van der Waals surface area contributed by atoms with Gasteiger partial charge in [0.15, 0.2) is 13.2 Å². The van der Waals surface area contributed by atoms with Crippen molar-refractivity contribution < 1.29 is 19.1 Å². The Kier molecular flexibility index (Phi) is 6.63. The highest BCUT2D eigenvalue weighted by molar-refractivity contribution is 6.30. The molecule has 126 valence electrons. The summed E-state index contributed by atoms with van der Waals surface area (Å²) in [5.41, 5.74) is 1.73. The Morgan fingerprint density at radius 2 is 1.88 bits per heavy atom. The van der Waals surface area contributed by atoms with E-state index in [0.717, 1.165) is 17.7 Å². The van der Waals surface area contributed by atoms with Crippen molar-refractivity contribution in [3.05, 3.63) is 59.1 Å². The van der Waals surface area contributed by atoms with Crippen molar-refractivity contribution in [2.75, 3.05) is 18.5 Å². The number of benzene rings is 2. The minimum Gasteiger partial charge on any atom is -0.482 e. The first-order valence-electron chi connectivity index (χ1n) is 7.50. The van der Waals surface area contributed by atoms with Gasteiger partial charge in [0.25, 0.3) is 5.91 Å². The molecule has 0 aliphatic carbocycles. The van der Waals surface area contributed by atoms with Crippen molar-refractivity contribution in [2.45, 2.75) is 13.3 Å². The molecule has 0 heterocycles. The van der Waals surface area contributed by atoms with Gasteiger partial charge in [0.2, 0.25) is 0 Å². The van der Waals surface area contributed by atoms with Gasteiger partial charge in [0, 0.05) is 10.7 Å². The van der Waals surface area contributed by atoms with Gasteiger partial charge >= 0.3 is 5.97 Å². The zero-order valence-electron chi connectivity index (χ0n) is 13.3. The van der Waals surface area contributed by atoms with Crippen LogP contribution >= 0.6 is 11.6 Å². The number of rotatable bonds is 7. The summed E-state index contributed by atoms with van der Waals surface area (Å²) in [6.07, 6.45) is 0.795. The normalized spacial score (nSPS) is 10.1. The number of esters is 1. The van der Waals surface area contributed by atoms with Crippen LogP contribution in [0.5, 0.6) is 5.75 Å². The predicted octanol–water partition coefficient (Wildman–Crippen LogP) is 3.46. The Morgan fingerprint density at radius 3 is 2.62 bits per heavy atom. The van der Waals surface area contributed by atoms with E-state index in [2.05, 4.69) is 5.32 Å². The van der Waals surface area contributed by atoms with Gasteiger partial charge in [-0.15, -0.1) is 0 Å². The minimum absolute atomic E-state index is 0.292. The molecule has 0 unspecified atom stereocenters. The van der Waals surface area contributed by atoms with Crippen LogP contribution in [0.15, 0.2) is 48.5 Å². The van der Waals surface area contributed by atoms with Crippen LogP contribution in [-0.4, -0.2) is 25.1 Å². The quantitative estimate of drug-likeness (QED) is 0.779. The Morgan fingerprint density at radius 1 is 1.08 bits per heavy atom. The summed E-state index contributed by atoms with van der Waals surface area (Å²) in [7, 11) is 0. The number of hydrogen-bond acceptors (Lipinski definition) is 4. The molecule has 0 bridgehead atoms. The predicted molar refractivity (Wildman–Crippen MR) is 92.4 cm³/mol. The van der Waals surface area contributed by atoms with Crippen molar-refractivity contribution in [3.8, 4) is 5.75 Å². The molecular weight excluding hydrogens is 330 g/mol. The number of nitrogens with one attached hydrogen (secondary N) is 1. The van der Waals surface area contributed by atoms with Gasteiger partial charge in [-0.25, -0.2) is 4.79 Å². The van der Waals surface area contributed by atoms with E-state index in [1.165, 1.54) is 0 Å². The highest BCUT2D eigenvalue weighted by Gasteiger charge is 2.10. The van der Waals surface area contributed by atoms with Crippen molar-refractivity contribution in [3.63, 3.8) is 0 Å². The van der Waals surface area contributed by atoms with Gasteiger partial charge in [-0.2, -0.15) is 0 Å². The maximum atomic E-state index is 11.9. The lowest BCUT2D eigenvalue weighted by molar-refractivity contribution is -0.149. The second-order valence-electron chi connectivity index (χ2n) is 4.97. The Bertz CT molecular complexity index is 718. The summed E-state index contributed by atoms with van der Waals surface area (Å²) < 4.78 is 10.1.